The number of para-hydroxylation sites is 1. The number of rotatable bonds is 3. The first-order valence-corrected chi connectivity index (χ1v) is 7.85. The average Bonchev–Trinajstić information content (AvgIpc) is 2.45. The summed E-state index contributed by atoms with van der Waals surface area (Å²) >= 11 is 0. The van der Waals surface area contributed by atoms with E-state index in [1.54, 1.807) is 0 Å². The quantitative estimate of drug-likeness (QED) is 0.574. The third-order valence-electron chi connectivity index (χ3n) is 3.46. The first kappa shape index (κ1) is 12.4. The van der Waals surface area contributed by atoms with E-state index in [4.69, 9.17) is 4.20 Å². The summed E-state index contributed by atoms with van der Waals surface area (Å²) in [6, 6.07) is 14.0. The molecule has 0 amide bonds. The van der Waals surface area contributed by atoms with E-state index in [1.807, 2.05) is 30.3 Å². The molecule has 2 aromatic carbocycles. The smallest absolute Gasteiger partial charge is 0.250 e. The van der Waals surface area contributed by atoms with Crippen molar-refractivity contribution in [3.05, 3.63) is 48.0 Å². The Hall–Kier alpha value is -1.66. The lowest BCUT2D eigenvalue weighted by Gasteiger charge is -2.01. The van der Waals surface area contributed by atoms with E-state index in [2.05, 4.69) is 19.1 Å². The highest BCUT2D eigenvalue weighted by molar-refractivity contribution is 7.37. The van der Waals surface area contributed by atoms with Crippen LogP contribution in [0, 0.1) is 0 Å². The van der Waals surface area contributed by atoms with Gasteiger partial charge in [-0.05, 0) is 29.5 Å². The molecule has 1 unspecified atom stereocenters. The molecule has 0 radical (unpaired) electrons. The van der Waals surface area contributed by atoms with Gasteiger partial charge in [0.1, 0.15) is 0 Å². The number of aryl methyl sites for hydroxylation is 1. The Morgan fingerprint density at radius 3 is 2.68 bits per heavy atom. The van der Waals surface area contributed by atoms with Crippen molar-refractivity contribution in [3.8, 4) is 0 Å². The fraction of sp³-hybridized carbons (Fsp3) is 0.250. The van der Waals surface area contributed by atoms with Gasteiger partial charge in [0.15, 0.2) is 5.58 Å². The first-order valence-electron chi connectivity index (χ1n) is 6.67. The average molecular weight is 271 g/mol. The zero-order valence-corrected chi connectivity index (χ0v) is 11.8. The molecule has 0 spiro atoms. The van der Waals surface area contributed by atoms with Crippen LogP contribution < -0.4 is 0 Å². The molecule has 0 saturated carbocycles. The van der Waals surface area contributed by atoms with Crippen molar-refractivity contribution in [2.75, 3.05) is 0 Å². The summed E-state index contributed by atoms with van der Waals surface area (Å²) in [5.41, 5.74) is 1.89. The van der Waals surface area contributed by atoms with Crippen molar-refractivity contribution >= 4 is 29.1 Å². The zero-order chi connectivity index (χ0) is 13.2. The number of fused-ring (bicyclic) bond motifs is 3. The van der Waals surface area contributed by atoms with Gasteiger partial charge in [0, 0.05) is 16.3 Å². The molecule has 0 aliphatic heterocycles. The van der Waals surface area contributed by atoms with Crippen LogP contribution in [0.5, 0.6) is 0 Å². The lowest BCUT2D eigenvalue weighted by molar-refractivity contribution is 0.563. The van der Waals surface area contributed by atoms with Gasteiger partial charge in [-0.2, -0.15) is 0 Å². The maximum Gasteiger partial charge on any atom is 0.598 e. The summed E-state index contributed by atoms with van der Waals surface area (Å²) in [7, 11) is -1.78. The minimum atomic E-state index is -1.78. The molecule has 0 fully saturated rings. The van der Waals surface area contributed by atoms with Gasteiger partial charge in [0.05, 0.1) is 0 Å². The lowest BCUT2D eigenvalue weighted by atomic mass is 10.0. The minimum Gasteiger partial charge on any atom is -0.250 e. The number of unbranched alkanes of at least 4 members (excludes halogenated alkanes) is 1. The molecule has 0 aliphatic carbocycles. The summed E-state index contributed by atoms with van der Waals surface area (Å²) in [5, 5.41) is 3.01. The van der Waals surface area contributed by atoms with Gasteiger partial charge in [0.2, 0.25) is 5.12 Å². The molecule has 1 heterocycles. The fourth-order valence-corrected chi connectivity index (χ4v) is 3.74. The summed E-state index contributed by atoms with van der Waals surface area (Å²) in [6.45, 7) is 2.17. The van der Waals surface area contributed by atoms with Gasteiger partial charge in [0.25, 0.3) is 0 Å². The third kappa shape index (κ3) is 2.17. The van der Waals surface area contributed by atoms with Crippen molar-refractivity contribution in [1.29, 1.82) is 0 Å². The molecule has 96 valence electrons. The van der Waals surface area contributed by atoms with Crippen LogP contribution in [-0.2, 0) is 11.0 Å². The maximum atomic E-state index is 12.4. The Morgan fingerprint density at radius 1 is 1.05 bits per heavy atom. The molecule has 0 saturated heterocycles. The molecular formula is C16H16O2P+. The zero-order valence-electron chi connectivity index (χ0n) is 10.9. The predicted molar refractivity (Wildman–Crippen MR) is 79.9 cm³/mol. The summed E-state index contributed by atoms with van der Waals surface area (Å²) < 4.78 is 17.9. The highest BCUT2D eigenvalue weighted by atomic mass is 31.1. The van der Waals surface area contributed by atoms with Crippen molar-refractivity contribution in [1.82, 2.24) is 0 Å². The van der Waals surface area contributed by atoms with Crippen LogP contribution in [0.15, 0.2) is 46.7 Å². The van der Waals surface area contributed by atoms with Gasteiger partial charge < -0.3 is 0 Å². The van der Waals surface area contributed by atoms with Crippen molar-refractivity contribution in [2.45, 2.75) is 26.2 Å². The molecule has 1 atom stereocenters. The molecule has 0 aliphatic rings. The molecule has 19 heavy (non-hydrogen) atoms. The standard InChI is InChI=1S/C16H16O2P/c1-2-3-7-12-8-6-10-14-13-9-4-5-11-15(13)18-19(17)16(12)14/h4-6,8-11H,2-3,7H2,1H3/q+1. The second-order valence-corrected chi connectivity index (χ2v) is 5.91. The number of hydrogen-bond donors (Lipinski definition) is 0. The van der Waals surface area contributed by atoms with E-state index in [0.717, 1.165) is 46.3 Å². The van der Waals surface area contributed by atoms with Gasteiger partial charge in [-0.25, -0.2) is 4.20 Å². The predicted octanol–water partition coefficient (Wildman–Crippen LogP) is 5.67. The Kier molecular flexibility index (Phi) is 3.35. The van der Waals surface area contributed by atoms with E-state index in [9.17, 15) is 4.57 Å². The SMILES string of the molecule is CCCCc1cccc2c3ccccc3o[p+](=O)c12. The van der Waals surface area contributed by atoms with E-state index in [1.165, 1.54) is 0 Å². The third-order valence-corrected chi connectivity index (χ3v) is 4.72. The van der Waals surface area contributed by atoms with Gasteiger partial charge in [-0.3, -0.25) is 0 Å². The second-order valence-electron chi connectivity index (χ2n) is 4.76. The Bertz CT molecular complexity index is 789. The van der Waals surface area contributed by atoms with Crippen LogP contribution in [-0.4, -0.2) is 0 Å². The van der Waals surface area contributed by atoms with E-state index >= 15 is 0 Å². The van der Waals surface area contributed by atoms with Crippen LogP contribution >= 0.6 is 7.65 Å². The Balaban J connectivity index is 2.37. The van der Waals surface area contributed by atoms with E-state index < -0.39 is 7.65 Å². The van der Waals surface area contributed by atoms with Crippen molar-refractivity contribution in [2.24, 2.45) is 0 Å². The largest absolute Gasteiger partial charge is 0.598 e. The monoisotopic (exact) mass is 271 g/mol. The van der Waals surface area contributed by atoms with Crippen LogP contribution in [0.2, 0.25) is 0 Å². The molecule has 3 heteroatoms. The van der Waals surface area contributed by atoms with Gasteiger partial charge >= 0.3 is 7.65 Å². The van der Waals surface area contributed by atoms with Crippen LogP contribution in [0.25, 0.3) is 21.5 Å². The molecule has 0 N–H and O–H groups in total. The lowest BCUT2D eigenvalue weighted by Crippen LogP contribution is -1.86. The normalized spacial score (nSPS) is 12.2. The number of hydrogen-bond acceptors (Lipinski definition) is 2. The molecule has 3 rings (SSSR count). The molecule has 1 aromatic heterocycles. The Labute approximate surface area is 112 Å². The maximum absolute atomic E-state index is 12.4. The first-order chi connectivity index (χ1) is 9.31. The molecule has 3 aromatic rings. The van der Waals surface area contributed by atoms with E-state index in [-0.39, 0.29) is 0 Å². The van der Waals surface area contributed by atoms with Gasteiger partial charge in [-0.1, -0.05) is 43.7 Å². The topological polar surface area (TPSA) is 30.2 Å². The molecular weight excluding hydrogens is 255 g/mol. The van der Waals surface area contributed by atoms with Crippen LogP contribution in [0.3, 0.4) is 0 Å². The van der Waals surface area contributed by atoms with Crippen molar-refractivity contribution in [3.63, 3.8) is 0 Å². The fourth-order valence-electron chi connectivity index (χ4n) is 2.50. The van der Waals surface area contributed by atoms with Crippen LogP contribution in [0.1, 0.15) is 25.3 Å². The second kappa shape index (κ2) is 5.14. The summed E-state index contributed by atoms with van der Waals surface area (Å²) in [5.74, 6) is 0. The highest BCUT2D eigenvalue weighted by Gasteiger charge is 2.19. The number of benzene rings is 2. The van der Waals surface area contributed by atoms with E-state index in [0.29, 0.717) is 0 Å². The Morgan fingerprint density at radius 2 is 1.84 bits per heavy atom. The highest BCUT2D eigenvalue weighted by Crippen LogP contribution is 2.37. The van der Waals surface area contributed by atoms with Gasteiger partial charge in [-0.15, -0.1) is 0 Å². The van der Waals surface area contributed by atoms with Crippen LogP contribution in [0.4, 0.5) is 0 Å². The molecule has 2 nitrogen and oxygen atoms in total. The summed E-state index contributed by atoms with van der Waals surface area (Å²) in [6.07, 6.45) is 3.21. The minimum absolute atomic E-state index is 0.726. The van der Waals surface area contributed by atoms with Crippen molar-refractivity contribution < 1.29 is 8.76 Å². The summed E-state index contributed by atoms with van der Waals surface area (Å²) in [4.78, 5) is 0. The molecule has 0 bridgehead atoms.